The number of nitrogens with zero attached hydrogens (tertiary/aromatic N) is 1. The zero-order chi connectivity index (χ0) is 14.4. The van der Waals surface area contributed by atoms with Crippen molar-refractivity contribution in [2.24, 2.45) is 0 Å². The molecule has 0 unspecified atom stereocenters. The first-order chi connectivity index (χ1) is 9.07. The van der Waals surface area contributed by atoms with Gasteiger partial charge in [0, 0.05) is 32.4 Å². The zero-order valence-electron chi connectivity index (χ0n) is 11.3. The van der Waals surface area contributed by atoms with Crippen LogP contribution in [0.3, 0.4) is 0 Å². The fraction of sp³-hybridized carbons (Fsp3) is 0.667. The summed E-state index contributed by atoms with van der Waals surface area (Å²) >= 11 is 0. The summed E-state index contributed by atoms with van der Waals surface area (Å²) < 4.78 is 10.8. The average Bonchev–Trinajstić information content (AvgIpc) is 2.86. The molecule has 0 bridgehead atoms. The molecule has 0 saturated carbocycles. The molecular weight excluding hydrogens is 252 g/mol. The molecule has 1 heterocycles. The number of nitrogens with one attached hydrogen (secondary N) is 1. The third-order valence-electron chi connectivity index (χ3n) is 2.90. The van der Waals surface area contributed by atoms with Gasteiger partial charge in [0.25, 0.3) is 0 Å². The van der Waals surface area contributed by atoms with Crippen molar-refractivity contribution in [3.8, 4) is 0 Å². The van der Waals surface area contributed by atoms with Gasteiger partial charge in [0.15, 0.2) is 6.23 Å². The molecule has 7 nitrogen and oxygen atoms in total. The molecule has 108 valence electrons. The van der Waals surface area contributed by atoms with Crippen molar-refractivity contribution in [2.75, 3.05) is 20.8 Å². The molecule has 1 saturated heterocycles. The van der Waals surface area contributed by atoms with Crippen molar-refractivity contribution >= 4 is 12.3 Å². The minimum atomic E-state index is -0.669. The van der Waals surface area contributed by atoms with Gasteiger partial charge in [-0.2, -0.15) is 0 Å². The van der Waals surface area contributed by atoms with Crippen molar-refractivity contribution in [1.82, 2.24) is 10.2 Å². The summed E-state index contributed by atoms with van der Waals surface area (Å²) in [6.45, 7) is 1.44. The fourth-order valence-electron chi connectivity index (χ4n) is 1.92. The fourth-order valence-corrected chi connectivity index (χ4v) is 1.92. The van der Waals surface area contributed by atoms with Crippen molar-refractivity contribution in [3.63, 3.8) is 0 Å². The Morgan fingerprint density at radius 2 is 2.32 bits per heavy atom. The van der Waals surface area contributed by atoms with E-state index >= 15 is 0 Å². The summed E-state index contributed by atoms with van der Waals surface area (Å²) in [6, 6.07) is -0.410. The van der Waals surface area contributed by atoms with Crippen LogP contribution in [0.5, 0.6) is 0 Å². The number of aliphatic hydroxyl groups is 1. The van der Waals surface area contributed by atoms with E-state index < -0.39 is 12.3 Å². The standard InChI is InChI=1S/C12H20N2O5/c1-8(6-15)5-14(12(17)13-2)11-10(18-3)4-9(7-16)19-11/h5-6,9-11,16H,4,7H2,1-3H3,(H,13,17)/b8-5-/t9-,10+,11+/m0/s1. The summed E-state index contributed by atoms with van der Waals surface area (Å²) in [5.41, 5.74) is 0.384. The lowest BCUT2D eigenvalue weighted by Crippen LogP contribution is -2.46. The van der Waals surface area contributed by atoms with Gasteiger partial charge in [0.05, 0.1) is 12.7 Å². The van der Waals surface area contributed by atoms with Crippen molar-refractivity contribution < 1.29 is 24.2 Å². The molecule has 0 aromatic heterocycles. The smallest absolute Gasteiger partial charge is 0.323 e. The molecule has 2 N–H and O–H groups in total. The summed E-state index contributed by atoms with van der Waals surface area (Å²) in [4.78, 5) is 23.8. The second-order valence-corrected chi connectivity index (χ2v) is 4.29. The molecule has 2 amide bonds. The number of hydrogen-bond acceptors (Lipinski definition) is 5. The van der Waals surface area contributed by atoms with E-state index in [1.165, 1.54) is 25.3 Å². The van der Waals surface area contributed by atoms with Crippen LogP contribution in [-0.2, 0) is 14.3 Å². The molecule has 0 aliphatic carbocycles. The van der Waals surface area contributed by atoms with E-state index in [0.29, 0.717) is 18.3 Å². The van der Waals surface area contributed by atoms with E-state index in [4.69, 9.17) is 14.6 Å². The number of carbonyl (C=O) groups is 2. The molecule has 7 heteroatoms. The summed E-state index contributed by atoms with van der Waals surface area (Å²) in [7, 11) is 3.00. The number of aliphatic hydroxyl groups excluding tert-OH is 1. The third-order valence-corrected chi connectivity index (χ3v) is 2.90. The topological polar surface area (TPSA) is 88.1 Å². The van der Waals surface area contributed by atoms with E-state index in [9.17, 15) is 9.59 Å². The second kappa shape index (κ2) is 7.22. The Balaban J connectivity index is 2.96. The second-order valence-electron chi connectivity index (χ2n) is 4.29. The molecule has 0 spiro atoms. The highest BCUT2D eigenvalue weighted by molar-refractivity contribution is 5.78. The average molecular weight is 272 g/mol. The predicted octanol–water partition coefficient (Wildman–Crippen LogP) is -0.147. The number of amides is 2. The molecule has 1 fully saturated rings. The Labute approximate surface area is 112 Å². The van der Waals surface area contributed by atoms with E-state index in [1.54, 1.807) is 6.92 Å². The molecule has 0 radical (unpaired) electrons. The van der Waals surface area contributed by atoms with Gasteiger partial charge < -0.3 is 19.9 Å². The SMILES string of the molecule is CNC(=O)N(/C=C(/C)C=O)[C@@H]1O[C@H](CO)C[C@H]1OC. The molecule has 1 rings (SSSR count). The van der Waals surface area contributed by atoms with Crippen LogP contribution in [0.1, 0.15) is 13.3 Å². The number of hydrogen-bond donors (Lipinski definition) is 2. The lowest BCUT2D eigenvalue weighted by atomic mass is 10.2. The number of methoxy groups -OCH3 is 1. The van der Waals surface area contributed by atoms with Crippen LogP contribution < -0.4 is 5.32 Å². The molecule has 19 heavy (non-hydrogen) atoms. The maximum atomic E-state index is 11.9. The number of allylic oxidation sites excluding steroid dienone is 1. The molecule has 0 aromatic carbocycles. The van der Waals surface area contributed by atoms with Crippen LogP contribution in [0.15, 0.2) is 11.8 Å². The summed E-state index contributed by atoms with van der Waals surface area (Å²) in [6.07, 6.45) is 1.13. The van der Waals surface area contributed by atoms with Gasteiger partial charge in [-0.1, -0.05) is 0 Å². The molecule has 3 atom stereocenters. The van der Waals surface area contributed by atoms with Gasteiger partial charge in [-0.25, -0.2) is 4.79 Å². The Hall–Kier alpha value is -1.44. The van der Waals surface area contributed by atoms with E-state index in [2.05, 4.69) is 5.32 Å². The normalized spacial score (nSPS) is 27.2. The van der Waals surface area contributed by atoms with Crippen molar-refractivity contribution in [2.45, 2.75) is 31.8 Å². The van der Waals surface area contributed by atoms with Crippen LogP contribution in [0, 0.1) is 0 Å². The minimum absolute atomic E-state index is 0.145. The number of rotatable bonds is 5. The number of ether oxygens (including phenoxy) is 2. The number of urea groups is 1. The Morgan fingerprint density at radius 3 is 2.79 bits per heavy atom. The first-order valence-corrected chi connectivity index (χ1v) is 6.00. The van der Waals surface area contributed by atoms with Gasteiger partial charge in [-0.3, -0.25) is 9.69 Å². The quantitative estimate of drug-likeness (QED) is 0.537. The van der Waals surface area contributed by atoms with Crippen molar-refractivity contribution in [3.05, 3.63) is 11.8 Å². The maximum absolute atomic E-state index is 11.9. The van der Waals surface area contributed by atoms with Gasteiger partial charge in [-0.05, 0) is 6.92 Å². The highest BCUT2D eigenvalue weighted by atomic mass is 16.6. The lowest BCUT2D eigenvalue weighted by Gasteiger charge is -2.28. The third kappa shape index (κ3) is 3.76. The van der Waals surface area contributed by atoms with Gasteiger partial charge in [-0.15, -0.1) is 0 Å². The molecule has 0 aromatic rings. The lowest BCUT2D eigenvalue weighted by molar-refractivity contribution is -0.105. The molecule has 1 aliphatic rings. The van der Waals surface area contributed by atoms with Crippen LogP contribution in [0.25, 0.3) is 0 Å². The van der Waals surface area contributed by atoms with Crippen molar-refractivity contribution in [1.29, 1.82) is 0 Å². The highest BCUT2D eigenvalue weighted by Crippen LogP contribution is 2.26. The monoisotopic (exact) mass is 272 g/mol. The Kier molecular flexibility index (Phi) is 5.94. The van der Waals surface area contributed by atoms with Crippen LogP contribution in [0.2, 0.25) is 0 Å². The first-order valence-electron chi connectivity index (χ1n) is 6.00. The molecule has 1 aliphatic heterocycles. The predicted molar refractivity (Wildman–Crippen MR) is 67.3 cm³/mol. The largest absolute Gasteiger partial charge is 0.394 e. The Bertz CT molecular complexity index is 358. The zero-order valence-corrected chi connectivity index (χ0v) is 11.3. The van der Waals surface area contributed by atoms with Crippen LogP contribution in [0.4, 0.5) is 4.79 Å². The summed E-state index contributed by atoms with van der Waals surface area (Å²) in [5, 5.41) is 11.6. The first kappa shape index (κ1) is 15.6. The van der Waals surface area contributed by atoms with E-state index in [1.807, 2.05) is 0 Å². The minimum Gasteiger partial charge on any atom is -0.394 e. The molecular formula is C12H20N2O5. The highest BCUT2D eigenvalue weighted by Gasteiger charge is 2.40. The number of aldehydes is 1. The Morgan fingerprint density at radius 1 is 1.63 bits per heavy atom. The van der Waals surface area contributed by atoms with Gasteiger partial charge in [0.1, 0.15) is 12.4 Å². The van der Waals surface area contributed by atoms with Gasteiger partial charge in [0.2, 0.25) is 0 Å². The maximum Gasteiger partial charge on any atom is 0.323 e. The number of carbonyl (C=O) groups excluding carboxylic acids is 2. The van der Waals surface area contributed by atoms with E-state index in [0.717, 1.165) is 0 Å². The van der Waals surface area contributed by atoms with E-state index in [-0.39, 0.29) is 18.8 Å². The van der Waals surface area contributed by atoms with Crippen LogP contribution >= 0.6 is 0 Å². The van der Waals surface area contributed by atoms with Gasteiger partial charge >= 0.3 is 6.03 Å². The van der Waals surface area contributed by atoms with Crippen LogP contribution in [-0.4, -0.2) is 61.5 Å². The summed E-state index contributed by atoms with van der Waals surface area (Å²) in [5.74, 6) is 0.